The monoisotopic (exact) mass is 477 g/mol. The van der Waals surface area contributed by atoms with Crippen LogP contribution in [0, 0.1) is 0 Å². The van der Waals surface area contributed by atoms with Gasteiger partial charge in [0.2, 0.25) is 0 Å². The third-order valence-electron chi connectivity index (χ3n) is 3.70. The Bertz CT molecular complexity index is 1100. The summed E-state index contributed by atoms with van der Waals surface area (Å²) in [5, 5.41) is 8.63. The van der Waals surface area contributed by atoms with Crippen molar-refractivity contribution in [2.75, 3.05) is 5.32 Å². The first-order chi connectivity index (χ1) is 14.4. The number of benzene rings is 3. The largest absolute Gasteiger partial charge is 0.423 e. The number of hydrogen-bond donors (Lipinski definition) is 2. The minimum atomic E-state index is -0.572. The fraction of sp³-hybridized carbons (Fsp3) is 0. The van der Waals surface area contributed by atoms with Crippen molar-refractivity contribution >= 4 is 70.0 Å². The molecule has 0 aliphatic rings. The molecule has 0 atom stereocenters. The summed E-state index contributed by atoms with van der Waals surface area (Å²) in [7, 11) is 0. The molecule has 0 aromatic heterocycles. The number of carbonyl (C=O) groups excluding carboxylic acids is 1. The van der Waals surface area contributed by atoms with Gasteiger partial charge in [0.05, 0.1) is 16.8 Å². The number of nitrogens with zero attached hydrogens (tertiary/aromatic N) is 1. The minimum Gasteiger partial charge on any atom is -0.423 e. The second kappa shape index (κ2) is 10.4. The van der Waals surface area contributed by atoms with Crippen molar-refractivity contribution in [3.8, 4) is 5.75 Å². The van der Waals surface area contributed by atoms with Gasteiger partial charge in [-0.05, 0) is 78.4 Å². The highest BCUT2D eigenvalue weighted by Crippen LogP contribution is 2.23. The summed E-state index contributed by atoms with van der Waals surface area (Å²) in [5.74, 6) is -0.202. The molecule has 0 amide bonds. The maximum atomic E-state index is 12.2. The van der Waals surface area contributed by atoms with Crippen molar-refractivity contribution in [3.63, 3.8) is 0 Å². The van der Waals surface area contributed by atoms with E-state index in [1.165, 1.54) is 12.1 Å². The lowest BCUT2D eigenvalue weighted by Gasteiger charge is -2.07. The van der Waals surface area contributed by atoms with Crippen molar-refractivity contribution < 1.29 is 9.53 Å². The van der Waals surface area contributed by atoms with Crippen molar-refractivity contribution in [1.82, 2.24) is 5.43 Å². The van der Waals surface area contributed by atoms with E-state index >= 15 is 0 Å². The molecule has 0 heterocycles. The maximum Gasteiger partial charge on any atom is 0.345 e. The normalized spacial score (nSPS) is 10.6. The lowest BCUT2D eigenvalue weighted by Crippen LogP contribution is -2.23. The van der Waals surface area contributed by atoms with Crippen molar-refractivity contribution in [3.05, 3.63) is 92.9 Å². The molecule has 3 rings (SSSR count). The number of ether oxygens (including phenoxy) is 1. The van der Waals surface area contributed by atoms with Crippen LogP contribution in [-0.2, 0) is 0 Å². The molecule has 2 N–H and O–H groups in total. The van der Waals surface area contributed by atoms with E-state index in [-0.39, 0.29) is 10.6 Å². The summed E-state index contributed by atoms with van der Waals surface area (Å²) in [4.78, 5) is 12.2. The van der Waals surface area contributed by atoms with Gasteiger partial charge in [-0.1, -0.05) is 40.9 Å². The molecule has 0 fully saturated rings. The Balaban J connectivity index is 1.53. The number of nitrogens with one attached hydrogen (secondary N) is 2. The van der Waals surface area contributed by atoms with Crippen LogP contribution in [0.3, 0.4) is 0 Å². The lowest BCUT2D eigenvalue weighted by molar-refractivity contribution is 0.0735. The van der Waals surface area contributed by atoms with Crippen LogP contribution in [-0.4, -0.2) is 17.3 Å². The molecule has 0 bridgehead atoms. The summed E-state index contributed by atoms with van der Waals surface area (Å²) in [6.45, 7) is 0. The highest BCUT2D eigenvalue weighted by molar-refractivity contribution is 7.80. The number of halogens is 3. The number of hydrogen-bond acceptors (Lipinski definition) is 4. The highest BCUT2D eigenvalue weighted by Gasteiger charge is 2.13. The van der Waals surface area contributed by atoms with E-state index in [9.17, 15) is 4.79 Å². The van der Waals surface area contributed by atoms with Gasteiger partial charge in [-0.2, -0.15) is 5.10 Å². The van der Waals surface area contributed by atoms with E-state index in [4.69, 9.17) is 51.8 Å². The molecular weight excluding hydrogens is 465 g/mol. The van der Waals surface area contributed by atoms with E-state index in [0.29, 0.717) is 20.9 Å². The third kappa shape index (κ3) is 6.43. The molecule has 0 saturated heterocycles. The quantitative estimate of drug-likeness (QED) is 0.151. The number of anilines is 1. The minimum absolute atomic E-state index is 0.227. The third-order valence-corrected chi connectivity index (χ3v) is 4.68. The Morgan fingerprint density at radius 2 is 1.70 bits per heavy atom. The van der Waals surface area contributed by atoms with Gasteiger partial charge >= 0.3 is 5.97 Å². The average Bonchev–Trinajstić information content (AvgIpc) is 2.69. The predicted octanol–water partition coefficient (Wildman–Crippen LogP) is 6.19. The van der Waals surface area contributed by atoms with Gasteiger partial charge in [0.25, 0.3) is 0 Å². The fourth-order valence-electron chi connectivity index (χ4n) is 2.33. The fourth-order valence-corrected chi connectivity index (χ4v) is 3.18. The van der Waals surface area contributed by atoms with Crippen LogP contribution in [0.2, 0.25) is 15.1 Å². The first kappa shape index (κ1) is 22.1. The maximum absolute atomic E-state index is 12.2. The van der Waals surface area contributed by atoms with Gasteiger partial charge in [-0.25, -0.2) is 4.79 Å². The Hall–Kier alpha value is -2.64. The van der Waals surface area contributed by atoms with E-state index in [1.807, 2.05) is 12.1 Å². The van der Waals surface area contributed by atoms with Crippen LogP contribution < -0.4 is 15.5 Å². The molecule has 152 valence electrons. The zero-order valence-corrected chi connectivity index (χ0v) is 18.3. The molecule has 30 heavy (non-hydrogen) atoms. The Kier molecular flexibility index (Phi) is 7.65. The molecule has 0 unspecified atom stereocenters. The second-order valence-electron chi connectivity index (χ2n) is 5.92. The molecule has 0 radical (unpaired) electrons. The van der Waals surface area contributed by atoms with Crippen LogP contribution in [0.15, 0.2) is 71.8 Å². The second-order valence-corrected chi connectivity index (χ2v) is 7.61. The van der Waals surface area contributed by atoms with Crippen LogP contribution in [0.25, 0.3) is 0 Å². The summed E-state index contributed by atoms with van der Waals surface area (Å²) in [6, 6.07) is 18.5. The Labute approximate surface area is 193 Å². The zero-order chi connectivity index (χ0) is 21.5. The summed E-state index contributed by atoms with van der Waals surface area (Å²) in [6.07, 6.45) is 1.58. The molecule has 0 saturated carbocycles. The molecule has 3 aromatic carbocycles. The smallest absolute Gasteiger partial charge is 0.345 e. The molecule has 3 aromatic rings. The SMILES string of the molecule is O=C(Oc1ccc(/C=N\NC(=S)Nc2cccc(Cl)c2)cc1)c1ccc(Cl)cc1Cl. The van der Waals surface area contributed by atoms with Gasteiger partial charge in [0, 0.05) is 15.7 Å². The van der Waals surface area contributed by atoms with Crippen molar-refractivity contribution in [2.24, 2.45) is 5.10 Å². The average molecular weight is 479 g/mol. The molecule has 5 nitrogen and oxygen atoms in total. The predicted molar refractivity (Wildman–Crippen MR) is 126 cm³/mol. The van der Waals surface area contributed by atoms with E-state index in [0.717, 1.165) is 11.3 Å². The Morgan fingerprint density at radius 1 is 0.967 bits per heavy atom. The number of thiocarbonyl (C=S) groups is 1. The van der Waals surface area contributed by atoms with Crippen LogP contribution in [0.1, 0.15) is 15.9 Å². The highest BCUT2D eigenvalue weighted by atomic mass is 35.5. The number of esters is 1. The van der Waals surface area contributed by atoms with Gasteiger partial charge < -0.3 is 10.1 Å². The van der Waals surface area contributed by atoms with E-state index in [1.54, 1.807) is 48.7 Å². The molecular formula is C21H14Cl3N3O2S. The molecule has 0 aliphatic heterocycles. The first-order valence-electron chi connectivity index (χ1n) is 8.53. The number of rotatable bonds is 5. The molecule has 0 aliphatic carbocycles. The molecule has 9 heteroatoms. The van der Waals surface area contributed by atoms with Crippen LogP contribution in [0.4, 0.5) is 5.69 Å². The zero-order valence-electron chi connectivity index (χ0n) is 15.2. The summed E-state index contributed by atoms with van der Waals surface area (Å²) >= 11 is 23.0. The summed E-state index contributed by atoms with van der Waals surface area (Å²) < 4.78 is 5.33. The Morgan fingerprint density at radius 3 is 2.40 bits per heavy atom. The first-order valence-corrected chi connectivity index (χ1v) is 10.1. The van der Waals surface area contributed by atoms with E-state index in [2.05, 4.69) is 15.8 Å². The van der Waals surface area contributed by atoms with E-state index < -0.39 is 5.97 Å². The topological polar surface area (TPSA) is 62.7 Å². The summed E-state index contributed by atoms with van der Waals surface area (Å²) in [5.41, 5.74) is 4.47. The van der Waals surface area contributed by atoms with Gasteiger partial charge in [-0.3, -0.25) is 5.43 Å². The van der Waals surface area contributed by atoms with Gasteiger partial charge in [0.15, 0.2) is 5.11 Å². The van der Waals surface area contributed by atoms with Crippen LogP contribution >= 0.6 is 47.0 Å². The number of hydrazone groups is 1. The van der Waals surface area contributed by atoms with Crippen molar-refractivity contribution in [1.29, 1.82) is 0 Å². The standard InChI is InChI=1S/C21H14Cl3N3O2S/c22-14-2-1-3-16(10-14)26-21(30)27-25-12-13-4-7-17(8-5-13)29-20(28)18-9-6-15(23)11-19(18)24/h1-12H,(H2,26,27,30)/b25-12-. The molecule has 0 spiro atoms. The van der Waals surface area contributed by atoms with Crippen LogP contribution in [0.5, 0.6) is 5.75 Å². The number of carbonyl (C=O) groups is 1. The van der Waals surface area contributed by atoms with Gasteiger partial charge in [-0.15, -0.1) is 0 Å². The van der Waals surface area contributed by atoms with Gasteiger partial charge in [0.1, 0.15) is 5.75 Å². The lowest BCUT2D eigenvalue weighted by atomic mass is 10.2. The van der Waals surface area contributed by atoms with Crippen molar-refractivity contribution in [2.45, 2.75) is 0 Å².